The molecule has 0 radical (unpaired) electrons. The van der Waals surface area contributed by atoms with E-state index in [0.29, 0.717) is 5.41 Å². The minimum atomic E-state index is 0.651. The van der Waals surface area contributed by atoms with Crippen molar-refractivity contribution in [3.05, 3.63) is 0 Å². The molecule has 0 amide bonds. The van der Waals surface area contributed by atoms with Gasteiger partial charge in [0.05, 0.1) is 0 Å². The van der Waals surface area contributed by atoms with Crippen LogP contribution in [0, 0.1) is 29.1 Å². The van der Waals surface area contributed by atoms with Crippen molar-refractivity contribution < 1.29 is 0 Å². The van der Waals surface area contributed by atoms with Crippen LogP contribution in [-0.4, -0.2) is 0 Å². The highest BCUT2D eigenvalue weighted by molar-refractivity contribution is 5.03. The van der Waals surface area contributed by atoms with Crippen LogP contribution in [0.1, 0.15) is 60.8 Å². The number of hydrogen-bond acceptors (Lipinski definition) is 0. The Bertz CT molecular complexity index is 182. The third kappa shape index (κ3) is 1.61. The van der Waals surface area contributed by atoms with Crippen molar-refractivity contribution in [3.63, 3.8) is 0 Å². The van der Waals surface area contributed by atoms with Crippen LogP contribution in [0.2, 0.25) is 0 Å². The summed E-state index contributed by atoms with van der Waals surface area (Å²) in [5.74, 6) is 3.78. The van der Waals surface area contributed by atoms with E-state index in [4.69, 9.17) is 0 Å². The molecule has 0 saturated heterocycles. The van der Waals surface area contributed by atoms with Gasteiger partial charge in [-0.05, 0) is 35.5 Å². The van der Waals surface area contributed by atoms with E-state index in [1.807, 2.05) is 0 Å². The molecule has 1 rings (SSSR count). The van der Waals surface area contributed by atoms with E-state index < -0.39 is 0 Å². The summed E-state index contributed by atoms with van der Waals surface area (Å²) in [6, 6.07) is 0. The van der Waals surface area contributed by atoms with Gasteiger partial charge in [-0.1, -0.05) is 54.4 Å². The fraction of sp³-hybridized carbons (Fsp3) is 1.00. The fourth-order valence-electron chi connectivity index (χ4n) is 4.18. The molecule has 1 fully saturated rings. The maximum atomic E-state index is 2.52. The van der Waals surface area contributed by atoms with Crippen LogP contribution in [0.4, 0.5) is 0 Å². The quantitative estimate of drug-likeness (QED) is 0.609. The summed E-state index contributed by atoms with van der Waals surface area (Å²) in [6.45, 7) is 14.5. The summed E-state index contributed by atoms with van der Waals surface area (Å²) >= 11 is 0. The van der Waals surface area contributed by atoms with Gasteiger partial charge in [-0.25, -0.2) is 0 Å². The first kappa shape index (κ1) is 12.1. The molecule has 0 aromatic rings. The van der Waals surface area contributed by atoms with Gasteiger partial charge in [0.15, 0.2) is 0 Å². The Kier molecular flexibility index (Phi) is 3.66. The second-order valence-electron chi connectivity index (χ2n) is 5.88. The van der Waals surface area contributed by atoms with Gasteiger partial charge in [0, 0.05) is 0 Å². The molecule has 0 bridgehead atoms. The molecule has 0 aromatic heterocycles. The fourth-order valence-corrected chi connectivity index (χ4v) is 4.18. The van der Waals surface area contributed by atoms with Crippen molar-refractivity contribution in [3.8, 4) is 0 Å². The van der Waals surface area contributed by atoms with Gasteiger partial charge >= 0.3 is 0 Å². The molecule has 0 aliphatic heterocycles. The van der Waals surface area contributed by atoms with Crippen molar-refractivity contribution in [2.24, 2.45) is 29.1 Å². The molecule has 1 aliphatic rings. The molecule has 0 nitrogen and oxygen atoms in total. The van der Waals surface area contributed by atoms with Crippen LogP contribution in [0.25, 0.3) is 0 Å². The Morgan fingerprint density at radius 3 is 2.14 bits per heavy atom. The Balaban J connectivity index is 2.72. The van der Waals surface area contributed by atoms with Crippen molar-refractivity contribution in [2.45, 2.75) is 60.8 Å². The lowest BCUT2D eigenvalue weighted by Gasteiger charge is -2.61. The first-order valence-corrected chi connectivity index (χ1v) is 6.49. The lowest BCUT2D eigenvalue weighted by molar-refractivity contribution is -0.130. The molecule has 1 saturated carbocycles. The Morgan fingerprint density at radius 2 is 1.79 bits per heavy atom. The Labute approximate surface area is 90.5 Å². The highest BCUT2D eigenvalue weighted by Gasteiger charge is 2.55. The van der Waals surface area contributed by atoms with E-state index in [2.05, 4.69) is 41.5 Å². The molecular formula is C14H28. The standard InChI is InChI=1S/C14H28/c1-7-9-14(6)11(5)13(10(3)4)12(14)8-2/h10-13H,7-9H2,1-6H3. The predicted octanol–water partition coefficient (Wildman–Crippen LogP) is 4.74. The van der Waals surface area contributed by atoms with Crippen LogP contribution in [0.5, 0.6) is 0 Å². The van der Waals surface area contributed by atoms with Crippen LogP contribution >= 0.6 is 0 Å². The van der Waals surface area contributed by atoms with Gasteiger partial charge in [0.2, 0.25) is 0 Å². The maximum Gasteiger partial charge on any atom is -0.0266 e. The average molecular weight is 196 g/mol. The van der Waals surface area contributed by atoms with E-state index in [0.717, 1.165) is 23.7 Å². The monoisotopic (exact) mass is 196 g/mol. The third-order valence-corrected chi connectivity index (χ3v) is 4.93. The minimum absolute atomic E-state index is 0.651. The summed E-state index contributed by atoms with van der Waals surface area (Å²) in [4.78, 5) is 0. The topological polar surface area (TPSA) is 0 Å². The van der Waals surface area contributed by atoms with Gasteiger partial charge in [-0.2, -0.15) is 0 Å². The molecule has 0 heterocycles. The molecule has 1 aliphatic carbocycles. The number of hydrogen-bond donors (Lipinski definition) is 0. The molecule has 0 N–H and O–H groups in total. The SMILES string of the molecule is CCCC1(C)C(C)C(C(C)C)C1CC. The van der Waals surface area contributed by atoms with Crippen molar-refractivity contribution in [2.75, 3.05) is 0 Å². The smallest absolute Gasteiger partial charge is 0.0266 e. The van der Waals surface area contributed by atoms with Gasteiger partial charge < -0.3 is 0 Å². The van der Waals surface area contributed by atoms with E-state index in [9.17, 15) is 0 Å². The Morgan fingerprint density at radius 1 is 1.21 bits per heavy atom. The van der Waals surface area contributed by atoms with Crippen LogP contribution in [0.15, 0.2) is 0 Å². The van der Waals surface area contributed by atoms with Crippen LogP contribution in [-0.2, 0) is 0 Å². The van der Waals surface area contributed by atoms with E-state index in [1.165, 1.54) is 19.3 Å². The second-order valence-corrected chi connectivity index (χ2v) is 5.88. The normalized spacial score (nSPS) is 42.6. The molecule has 84 valence electrons. The van der Waals surface area contributed by atoms with Gasteiger partial charge in [-0.3, -0.25) is 0 Å². The van der Waals surface area contributed by atoms with Crippen LogP contribution in [0.3, 0.4) is 0 Å². The van der Waals surface area contributed by atoms with E-state index in [1.54, 1.807) is 0 Å². The van der Waals surface area contributed by atoms with Crippen molar-refractivity contribution in [1.29, 1.82) is 0 Å². The largest absolute Gasteiger partial charge is 0.0654 e. The summed E-state index contributed by atoms with van der Waals surface area (Å²) < 4.78 is 0. The van der Waals surface area contributed by atoms with E-state index in [-0.39, 0.29) is 0 Å². The van der Waals surface area contributed by atoms with Crippen LogP contribution < -0.4 is 0 Å². The van der Waals surface area contributed by atoms with Gasteiger partial charge in [-0.15, -0.1) is 0 Å². The van der Waals surface area contributed by atoms with Gasteiger partial charge in [0.25, 0.3) is 0 Å². The zero-order chi connectivity index (χ0) is 10.9. The molecule has 4 atom stereocenters. The second kappa shape index (κ2) is 4.24. The third-order valence-electron chi connectivity index (χ3n) is 4.93. The average Bonchev–Trinajstić information content (AvgIpc) is 2.12. The lowest BCUT2D eigenvalue weighted by atomic mass is 9.44. The van der Waals surface area contributed by atoms with Gasteiger partial charge in [0.1, 0.15) is 0 Å². The first-order valence-electron chi connectivity index (χ1n) is 6.49. The number of rotatable bonds is 4. The Hall–Kier alpha value is 0. The summed E-state index contributed by atoms with van der Waals surface area (Å²) in [6.07, 6.45) is 4.15. The summed E-state index contributed by atoms with van der Waals surface area (Å²) in [5.41, 5.74) is 0.651. The van der Waals surface area contributed by atoms with Crippen molar-refractivity contribution in [1.82, 2.24) is 0 Å². The minimum Gasteiger partial charge on any atom is -0.0654 e. The molecular weight excluding hydrogens is 168 g/mol. The zero-order valence-electron chi connectivity index (χ0n) is 10.9. The molecule has 0 aromatic carbocycles. The highest BCUT2D eigenvalue weighted by Crippen LogP contribution is 2.61. The molecule has 0 spiro atoms. The molecule has 0 heteroatoms. The summed E-state index contributed by atoms with van der Waals surface area (Å²) in [7, 11) is 0. The summed E-state index contributed by atoms with van der Waals surface area (Å²) in [5, 5.41) is 0. The first-order chi connectivity index (χ1) is 6.49. The molecule has 14 heavy (non-hydrogen) atoms. The van der Waals surface area contributed by atoms with E-state index >= 15 is 0 Å². The maximum absolute atomic E-state index is 2.52. The lowest BCUT2D eigenvalue weighted by Crippen LogP contribution is -2.55. The zero-order valence-corrected chi connectivity index (χ0v) is 10.9. The highest BCUT2D eigenvalue weighted by atomic mass is 14.6. The molecule has 4 unspecified atom stereocenters. The van der Waals surface area contributed by atoms with Crippen molar-refractivity contribution >= 4 is 0 Å². The predicted molar refractivity (Wildman–Crippen MR) is 64.3 cm³/mol.